The Hall–Kier alpha value is -1.31. The van der Waals surface area contributed by atoms with Crippen molar-refractivity contribution in [3.63, 3.8) is 0 Å². The minimum Gasteiger partial charge on any atom is -0.384 e. The van der Waals surface area contributed by atoms with Crippen LogP contribution in [0.25, 0.3) is 0 Å². The van der Waals surface area contributed by atoms with Crippen LogP contribution in [0.2, 0.25) is 0 Å². The van der Waals surface area contributed by atoms with Crippen LogP contribution >= 0.6 is 0 Å². The van der Waals surface area contributed by atoms with E-state index >= 15 is 0 Å². The molecular formula is C14H17NO. The SMILES string of the molecule is O=C(c1ccc2c(c1)CCN2)C1CCCC1. The Bertz CT molecular complexity index is 419. The summed E-state index contributed by atoms with van der Waals surface area (Å²) in [5.41, 5.74) is 3.45. The van der Waals surface area contributed by atoms with Crippen molar-refractivity contribution < 1.29 is 4.79 Å². The molecule has 1 heterocycles. The second-order valence-corrected chi connectivity index (χ2v) is 4.89. The van der Waals surface area contributed by atoms with Crippen molar-refractivity contribution in [1.29, 1.82) is 0 Å². The Morgan fingerprint density at radius 2 is 2.06 bits per heavy atom. The molecule has 1 aromatic carbocycles. The number of anilines is 1. The summed E-state index contributed by atoms with van der Waals surface area (Å²) in [6.45, 7) is 1.01. The van der Waals surface area contributed by atoms with Gasteiger partial charge in [-0.05, 0) is 43.0 Å². The first-order valence-electron chi connectivity index (χ1n) is 6.25. The molecule has 0 amide bonds. The molecule has 0 radical (unpaired) electrons. The second kappa shape index (κ2) is 3.93. The van der Waals surface area contributed by atoms with E-state index in [0.717, 1.165) is 31.4 Å². The monoisotopic (exact) mass is 215 g/mol. The van der Waals surface area contributed by atoms with Crippen LogP contribution in [0.5, 0.6) is 0 Å². The molecule has 1 N–H and O–H groups in total. The average molecular weight is 215 g/mol. The van der Waals surface area contributed by atoms with Gasteiger partial charge in [-0.3, -0.25) is 4.79 Å². The summed E-state index contributed by atoms with van der Waals surface area (Å²) < 4.78 is 0. The summed E-state index contributed by atoms with van der Waals surface area (Å²) in [4.78, 5) is 12.2. The Kier molecular flexibility index (Phi) is 2.43. The molecule has 16 heavy (non-hydrogen) atoms. The van der Waals surface area contributed by atoms with Gasteiger partial charge < -0.3 is 5.32 Å². The first kappa shape index (κ1) is 9.88. The number of benzene rings is 1. The zero-order valence-electron chi connectivity index (χ0n) is 9.46. The molecule has 0 unspecified atom stereocenters. The zero-order chi connectivity index (χ0) is 11.0. The summed E-state index contributed by atoms with van der Waals surface area (Å²) in [6, 6.07) is 6.14. The molecule has 1 aliphatic carbocycles. The van der Waals surface area contributed by atoms with E-state index in [1.165, 1.54) is 24.1 Å². The van der Waals surface area contributed by atoms with E-state index in [0.29, 0.717) is 11.7 Å². The van der Waals surface area contributed by atoms with Gasteiger partial charge in [-0.2, -0.15) is 0 Å². The number of rotatable bonds is 2. The molecule has 0 saturated heterocycles. The third kappa shape index (κ3) is 1.62. The zero-order valence-corrected chi connectivity index (χ0v) is 9.46. The quantitative estimate of drug-likeness (QED) is 0.768. The van der Waals surface area contributed by atoms with Crippen LogP contribution in [0.4, 0.5) is 5.69 Å². The van der Waals surface area contributed by atoms with Crippen LogP contribution in [0.3, 0.4) is 0 Å². The van der Waals surface area contributed by atoms with Gasteiger partial charge in [0, 0.05) is 23.7 Å². The van der Waals surface area contributed by atoms with Crippen molar-refractivity contribution >= 4 is 11.5 Å². The van der Waals surface area contributed by atoms with Crippen LogP contribution < -0.4 is 5.32 Å². The van der Waals surface area contributed by atoms with Crippen molar-refractivity contribution in [3.05, 3.63) is 29.3 Å². The fourth-order valence-electron chi connectivity index (χ4n) is 2.88. The summed E-state index contributed by atoms with van der Waals surface area (Å²) in [5, 5.41) is 3.32. The van der Waals surface area contributed by atoms with E-state index in [2.05, 4.69) is 17.4 Å². The Balaban J connectivity index is 1.86. The van der Waals surface area contributed by atoms with Crippen molar-refractivity contribution in [2.24, 2.45) is 5.92 Å². The van der Waals surface area contributed by atoms with Gasteiger partial charge in [0.2, 0.25) is 0 Å². The first-order valence-corrected chi connectivity index (χ1v) is 6.25. The minimum atomic E-state index is 0.299. The number of Topliss-reactive ketones (excluding diaryl/α,β-unsaturated/α-hetero) is 1. The molecule has 1 saturated carbocycles. The normalized spacial score (nSPS) is 19.5. The number of nitrogens with one attached hydrogen (secondary N) is 1. The number of carbonyl (C=O) groups excluding carboxylic acids is 1. The Labute approximate surface area is 96.1 Å². The van der Waals surface area contributed by atoms with Crippen molar-refractivity contribution in [1.82, 2.24) is 0 Å². The Morgan fingerprint density at radius 1 is 1.25 bits per heavy atom. The van der Waals surface area contributed by atoms with Crippen LogP contribution in [-0.2, 0) is 6.42 Å². The van der Waals surface area contributed by atoms with Crippen LogP contribution in [-0.4, -0.2) is 12.3 Å². The fourth-order valence-corrected chi connectivity index (χ4v) is 2.88. The predicted molar refractivity (Wildman–Crippen MR) is 64.9 cm³/mol. The third-order valence-electron chi connectivity index (χ3n) is 3.83. The van der Waals surface area contributed by atoms with E-state index in [-0.39, 0.29) is 0 Å². The lowest BCUT2D eigenvalue weighted by molar-refractivity contribution is 0.0923. The minimum absolute atomic E-state index is 0.299. The highest BCUT2D eigenvalue weighted by molar-refractivity contribution is 5.98. The molecule has 0 spiro atoms. The van der Waals surface area contributed by atoms with Gasteiger partial charge in [-0.1, -0.05) is 12.8 Å². The van der Waals surface area contributed by atoms with Crippen LogP contribution in [0.1, 0.15) is 41.6 Å². The molecule has 0 aromatic heterocycles. The number of hydrogen-bond acceptors (Lipinski definition) is 2. The largest absolute Gasteiger partial charge is 0.384 e. The molecule has 0 atom stereocenters. The molecule has 1 fully saturated rings. The van der Waals surface area contributed by atoms with Gasteiger partial charge >= 0.3 is 0 Å². The standard InChI is InChI=1S/C14H17NO/c16-14(10-3-1-2-4-10)12-5-6-13-11(9-12)7-8-15-13/h5-6,9-10,15H,1-4,7-8H2. The summed E-state index contributed by atoms with van der Waals surface area (Å²) in [7, 11) is 0. The maximum atomic E-state index is 12.2. The summed E-state index contributed by atoms with van der Waals surface area (Å²) >= 11 is 0. The number of carbonyl (C=O) groups is 1. The second-order valence-electron chi connectivity index (χ2n) is 4.89. The fraction of sp³-hybridized carbons (Fsp3) is 0.500. The van der Waals surface area contributed by atoms with E-state index < -0.39 is 0 Å². The summed E-state index contributed by atoms with van der Waals surface area (Å²) in [6.07, 6.45) is 5.69. The number of fused-ring (bicyclic) bond motifs is 1. The topological polar surface area (TPSA) is 29.1 Å². The van der Waals surface area contributed by atoms with E-state index in [1.807, 2.05) is 6.07 Å². The molecule has 2 aliphatic rings. The van der Waals surface area contributed by atoms with Gasteiger partial charge in [0.25, 0.3) is 0 Å². The van der Waals surface area contributed by atoms with Gasteiger partial charge in [0.15, 0.2) is 5.78 Å². The molecule has 1 aromatic rings. The van der Waals surface area contributed by atoms with Crippen LogP contribution in [0.15, 0.2) is 18.2 Å². The molecule has 3 rings (SSSR count). The molecule has 0 bridgehead atoms. The van der Waals surface area contributed by atoms with Crippen molar-refractivity contribution in [3.8, 4) is 0 Å². The maximum absolute atomic E-state index is 12.2. The molecule has 84 valence electrons. The summed E-state index contributed by atoms with van der Waals surface area (Å²) in [5.74, 6) is 0.666. The smallest absolute Gasteiger partial charge is 0.165 e. The highest BCUT2D eigenvalue weighted by Crippen LogP contribution is 2.30. The lowest BCUT2D eigenvalue weighted by Gasteiger charge is -2.09. The first-order chi connectivity index (χ1) is 7.84. The van der Waals surface area contributed by atoms with Gasteiger partial charge in [0.05, 0.1) is 0 Å². The highest BCUT2D eigenvalue weighted by atomic mass is 16.1. The number of ketones is 1. The van der Waals surface area contributed by atoms with E-state index in [1.54, 1.807) is 0 Å². The lowest BCUT2D eigenvalue weighted by atomic mass is 9.95. The molecular weight excluding hydrogens is 198 g/mol. The van der Waals surface area contributed by atoms with E-state index in [9.17, 15) is 4.79 Å². The Morgan fingerprint density at radius 3 is 2.88 bits per heavy atom. The predicted octanol–water partition coefficient (Wildman–Crippen LogP) is 3.03. The van der Waals surface area contributed by atoms with Gasteiger partial charge in [-0.15, -0.1) is 0 Å². The maximum Gasteiger partial charge on any atom is 0.165 e. The lowest BCUT2D eigenvalue weighted by Crippen LogP contribution is -2.11. The molecule has 1 aliphatic heterocycles. The van der Waals surface area contributed by atoms with Gasteiger partial charge in [-0.25, -0.2) is 0 Å². The van der Waals surface area contributed by atoms with Gasteiger partial charge in [0.1, 0.15) is 0 Å². The molecule has 2 nitrogen and oxygen atoms in total. The van der Waals surface area contributed by atoms with Crippen molar-refractivity contribution in [2.45, 2.75) is 32.1 Å². The molecule has 2 heteroatoms. The highest BCUT2D eigenvalue weighted by Gasteiger charge is 2.24. The van der Waals surface area contributed by atoms with Crippen molar-refractivity contribution in [2.75, 3.05) is 11.9 Å². The average Bonchev–Trinajstić information content (AvgIpc) is 2.98. The number of hydrogen-bond donors (Lipinski definition) is 1. The van der Waals surface area contributed by atoms with Crippen LogP contribution in [0, 0.1) is 5.92 Å². The third-order valence-corrected chi connectivity index (χ3v) is 3.83. The van der Waals surface area contributed by atoms with E-state index in [4.69, 9.17) is 0 Å².